The Kier molecular flexibility index (Phi) is 4.86. The molecule has 0 bridgehead atoms. The lowest BCUT2D eigenvalue weighted by Crippen LogP contribution is -2.27. The van der Waals surface area contributed by atoms with Gasteiger partial charge in [-0.05, 0) is 12.1 Å². The number of carbonyl (C=O) groups is 1. The van der Waals surface area contributed by atoms with E-state index >= 15 is 0 Å². The number of sulfonamides is 1. The maximum absolute atomic E-state index is 12.0. The zero-order valence-electron chi connectivity index (χ0n) is 11.1. The second-order valence-electron chi connectivity index (χ2n) is 4.13. The molecule has 0 saturated carbocycles. The van der Waals surface area contributed by atoms with Gasteiger partial charge in [-0.15, -0.1) is 16.4 Å². The first-order valence-corrected chi connectivity index (χ1v) is 8.30. The van der Waals surface area contributed by atoms with Gasteiger partial charge >= 0.3 is 5.97 Å². The highest BCUT2D eigenvalue weighted by Crippen LogP contribution is 2.21. The van der Waals surface area contributed by atoms with Gasteiger partial charge in [0.15, 0.2) is 0 Å². The molecule has 0 aliphatic rings. The molecule has 2 rings (SSSR count). The third-order valence-electron chi connectivity index (χ3n) is 2.50. The number of rotatable bonds is 7. The predicted molar refractivity (Wildman–Crippen MR) is 75.6 cm³/mol. The summed E-state index contributed by atoms with van der Waals surface area (Å²) in [6, 6.07) is 4.62. The van der Waals surface area contributed by atoms with E-state index in [9.17, 15) is 13.2 Å². The van der Waals surface area contributed by atoms with Crippen molar-refractivity contribution in [2.75, 3.05) is 6.54 Å². The van der Waals surface area contributed by atoms with Gasteiger partial charge in [-0.1, -0.05) is 0 Å². The molecule has 2 N–H and O–H groups in total. The summed E-state index contributed by atoms with van der Waals surface area (Å²) >= 11 is 0.913. The number of hydrogen-bond donors (Lipinski definition) is 2. The number of aromatic nitrogens is 3. The number of nitrogens with zero attached hydrogens (tertiary/aromatic N) is 4. The lowest BCUT2D eigenvalue weighted by Gasteiger charge is -2.04. The fourth-order valence-corrected chi connectivity index (χ4v) is 3.98. The Morgan fingerprint density at radius 3 is 2.91 bits per heavy atom. The van der Waals surface area contributed by atoms with E-state index in [4.69, 9.17) is 10.4 Å². The second kappa shape index (κ2) is 6.65. The second-order valence-corrected chi connectivity index (χ2v) is 7.29. The summed E-state index contributed by atoms with van der Waals surface area (Å²) in [5, 5.41) is 21.1. The monoisotopic (exact) mass is 341 g/mol. The molecular formula is C11H11N5O4S2. The van der Waals surface area contributed by atoms with E-state index in [2.05, 4.69) is 14.8 Å². The molecule has 0 spiro atoms. The number of carboxylic acids is 1. The van der Waals surface area contributed by atoms with Crippen molar-refractivity contribution < 1.29 is 18.3 Å². The predicted octanol–water partition coefficient (Wildman–Crippen LogP) is -0.183. The van der Waals surface area contributed by atoms with Crippen LogP contribution in [0.1, 0.15) is 10.7 Å². The first-order valence-electron chi connectivity index (χ1n) is 6.00. The highest BCUT2D eigenvalue weighted by Gasteiger charge is 2.17. The quantitative estimate of drug-likeness (QED) is 0.712. The number of carboxylic acid groups (broad SMARTS) is 1. The van der Waals surface area contributed by atoms with Crippen LogP contribution in [0.4, 0.5) is 0 Å². The van der Waals surface area contributed by atoms with E-state index in [0.717, 1.165) is 11.3 Å². The van der Waals surface area contributed by atoms with Crippen LogP contribution in [-0.2, 0) is 27.8 Å². The molecule has 0 aliphatic heterocycles. The van der Waals surface area contributed by atoms with Crippen LogP contribution in [0, 0.1) is 11.3 Å². The molecule has 0 aliphatic carbocycles. The molecule has 0 atom stereocenters. The van der Waals surface area contributed by atoms with Crippen molar-refractivity contribution in [2.24, 2.45) is 0 Å². The van der Waals surface area contributed by atoms with E-state index < -0.39 is 16.0 Å². The van der Waals surface area contributed by atoms with Crippen LogP contribution in [0.2, 0.25) is 0 Å². The minimum Gasteiger partial charge on any atom is -0.481 e. The van der Waals surface area contributed by atoms with Gasteiger partial charge in [0.25, 0.3) is 5.82 Å². The molecule has 0 saturated heterocycles. The third-order valence-corrected chi connectivity index (χ3v) is 5.53. The molecule has 0 aromatic carbocycles. The zero-order chi connectivity index (χ0) is 16.2. The molecule has 2 heterocycles. The Hall–Kier alpha value is -2.29. The van der Waals surface area contributed by atoms with E-state index in [1.807, 2.05) is 0 Å². The molecule has 0 fully saturated rings. The third kappa shape index (κ3) is 4.10. The van der Waals surface area contributed by atoms with Crippen LogP contribution in [0.25, 0.3) is 0 Å². The number of thiophene rings is 1. The van der Waals surface area contributed by atoms with Gasteiger partial charge in [-0.2, -0.15) is 5.26 Å². The van der Waals surface area contributed by atoms with E-state index in [-0.39, 0.29) is 29.5 Å². The van der Waals surface area contributed by atoms with Crippen LogP contribution >= 0.6 is 11.3 Å². The lowest BCUT2D eigenvalue weighted by molar-refractivity contribution is -0.136. The van der Waals surface area contributed by atoms with Crippen molar-refractivity contribution >= 4 is 27.3 Å². The minimum atomic E-state index is -3.70. The van der Waals surface area contributed by atoms with Gasteiger partial charge < -0.3 is 5.11 Å². The lowest BCUT2D eigenvalue weighted by atomic mass is 10.3. The number of aliphatic carboxylic acids is 1. The number of nitriles is 1. The average Bonchev–Trinajstić information content (AvgIpc) is 3.07. The van der Waals surface area contributed by atoms with Gasteiger partial charge in [-0.25, -0.2) is 18.1 Å². The molecule has 9 nitrogen and oxygen atoms in total. The van der Waals surface area contributed by atoms with Crippen molar-refractivity contribution in [3.63, 3.8) is 0 Å². The SMILES string of the molecule is N#Cc1ncn(CCNS(=O)(=O)c2ccc(CC(=O)O)s2)n1. The Bertz CT molecular complexity index is 818. The minimum absolute atomic E-state index is 0.0134. The molecule has 116 valence electrons. The molecule has 0 amide bonds. The Balaban J connectivity index is 1.94. The van der Waals surface area contributed by atoms with Crippen LogP contribution < -0.4 is 4.72 Å². The zero-order valence-corrected chi connectivity index (χ0v) is 12.8. The van der Waals surface area contributed by atoms with Crippen molar-refractivity contribution in [2.45, 2.75) is 17.2 Å². The Morgan fingerprint density at radius 1 is 1.50 bits per heavy atom. The highest BCUT2D eigenvalue weighted by molar-refractivity contribution is 7.91. The summed E-state index contributed by atoms with van der Waals surface area (Å²) in [7, 11) is -3.70. The van der Waals surface area contributed by atoms with Crippen LogP contribution in [0.3, 0.4) is 0 Å². The fourth-order valence-electron chi connectivity index (χ4n) is 1.57. The molecule has 0 radical (unpaired) electrons. The van der Waals surface area contributed by atoms with Crippen LogP contribution in [0.5, 0.6) is 0 Å². The maximum Gasteiger partial charge on any atom is 0.308 e. The summed E-state index contributed by atoms with van der Waals surface area (Å²) in [5.74, 6) is -1.00. The molecular weight excluding hydrogens is 330 g/mol. The number of nitrogens with one attached hydrogen (secondary N) is 1. The summed E-state index contributed by atoms with van der Waals surface area (Å²) in [6.45, 7) is 0.296. The summed E-state index contributed by atoms with van der Waals surface area (Å²) < 4.78 is 27.9. The first kappa shape index (κ1) is 16.1. The normalized spacial score (nSPS) is 11.2. The molecule has 22 heavy (non-hydrogen) atoms. The number of hydrogen-bond acceptors (Lipinski definition) is 7. The standard InChI is InChI=1S/C11H11N5O4S2/c12-6-9-13-7-16(15-9)4-3-14-22(19,20)11-2-1-8(21-11)5-10(17)18/h1-2,7,14H,3-5H2,(H,17,18). The molecule has 2 aromatic heterocycles. The maximum atomic E-state index is 12.0. The van der Waals surface area contributed by atoms with Crippen molar-refractivity contribution in [1.82, 2.24) is 19.5 Å². The van der Waals surface area contributed by atoms with Crippen LogP contribution in [0.15, 0.2) is 22.7 Å². The van der Waals surface area contributed by atoms with Gasteiger partial charge in [-0.3, -0.25) is 9.48 Å². The average molecular weight is 341 g/mol. The highest BCUT2D eigenvalue weighted by atomic mass is 32.2. The van der Waals surface area contributed by atoms with E-state index in [1.54, 1.807) is 6.07 Å². The van der Waals surface area contributed by atoms with E-state index in [1.165, 1.54) is 23.1 Å². The molecule has 2 aromatic rings. The van der Waals surface area contributed by atoms with Gasteiger partial charge in [0.05, 0.1) is 13.0 Å². The molecule has 0 unspecified atom stereocenters. The Labute approximate surface area is 129 Å². The topological polar surface area (TPSA) is 138 Å². The van der Waals surface area contributed by atoms with Gasteiger partial charge in [0.1, 0.15) is 16.6 Å². The summed E-state index contributed by atoms with van der Waals surface area (Å²) in [5.41, 5.74) is 0. The van der Waals surface area contributed by atoms with E-state index in [0.29, 0.717) is 4.88 Å². The Morgan fingerprint density at radius 2 is 2.27 bits per heavy atom. The molecule has 11 heteroatoms. The van der Waals surface area contributed by atoms with Gasteiger partial charge in [0, 0.05) is 11.4 Å². The smallest absolute Gasteiger partial charge is 0.308 e. The van der Waals surface area contributed by atoms with Crippen molar-refractivity contribution in [3.05, 3.63) is 29.2 Å². The van der Waals surface area contributed by atoms with Crippen LogP contribution in [-0.4, -0.2) is 40.8 Å². The summed E-state index contributed by atoms with van der Waals surface area (Å²) in [6.07, 6.45) is 1.12. The fraction of sp³-hybridized carbons (Fsp3) is 0.273. The first-order chi connectivity index (χ1) is 10.4. The van der Waals surface area contributed by atoms with Crippen molar-refractivity contribution in [3.8, 4) is 6.07 Å². The van der Waals surface area contributed by atoms with Gasteiger partial charge in [0.2, 0.25) is 10.0 Å². The van der Waals surface area contributed by atoms with Crippen molar-refractivity contribution in [1.29, 1.82) is 5.26 Å². The largest absolute Gasteiger partial charge is 0.481 e. The summed E-state index contributed by atoms with van der Waals surface area (Å²) in [4.78, 5) is 14.7.